The molecule has 0 saturated heterocycles. The van der Waals surface area contributed by atoms with E-state index in [1.54, 1.807) is 0 Å². The van der Waals surface area contributed by atoms with Gasteiger partial charge in [0, 0.05) is 27.7 Å². The van der Waals surface area contributed by atoms with Crippen LogP contribution in [0.1, 0.15) is 44.5 Å². The highest BCUT2D eigenvalue weighted by Gasteiger charge is 2.51. The molecule has 11 aromatic carbocycles. The Morgan fingerprint density at radius 1 is 0.300 bits per heavy atom. The highest BCUT2D eigenvalue weighted by Crippen LogP contribution is 2.62. The van der Waals surface area contributed by atoms with Crippen LogP contribution >= 0.6 is 0 Å². The Morgan fingerprint density at radius 2 is 0.814 bits per heavy atom. The second kappa shape index (κ2) is 14.8. The zero-order valence-corrected chi connectivity index (χ0v) is 38.3. The fourth-order valence-corrected chi connectivity index (χ4v) is 13.2. The number of aromatic nitrogens is 1. The quantitative estimate of drug-likeness (QED) is 0.161. The van der Waals surface area contributed by atoms with E-state index in [0.717, 1.165) is 17.1 Å². The van der Waals surface area contributed by atoms with Crippen LogP contribution in [0.15, 0.2) is 267 Å². The molecule has 12 aromatic rings. The Kier molecular flexibility index (Phi) is 8.24. The molecule has 1 aromatic heterocycles. The van der Waals surface area contributed by atoms with Gasteiger partial charge in [-0.05, 0) is 115 Å². The molecule has 2 heteroatoms. The summed E-state index contributed by atoms with van der Waals surface area (Å²) in [6, 6.07) is 99.8. The maximum atomic E-state index is 2.52. The van der Waals surface area contributed by atoms with Crippen molar-refractivity contribution in [2.75, 3.05) is 4.90 Å². The van der Waals surface area contributed by atoms with Gasteiger partial charge in [0.25, 0.3) is 0 Å². The van der Waals surface area contributed by atoms with Gasteiger partial charge in [-0.25, -0.2) is 0 Å². The van der Waals surface area contributed by atoms with Gasteiger partial charge in [0.1, 0.15) is 0 Å². The third kappa shape index (κ3) is 5.07. The van der Waals surface area contributed by atoms with Gasteiger partial charge in [-0.1, -0.05) is 224 Å². The average molecular weight is 889 g/mol. The van der Waals surface area contributed by atoms with Crippen molar-refractivity contribution in [3.63, 3.8) is 0 Å². The maximum absolute atomic E-state index is 2.52. The third-order valence-corrected chi connectivity index (χ3v) is 15.9. The van der Waals surface area contributed by atoms with E-state index in [1.165, 1.54) is 105 Å². The number of anilines is 3. The lowest BCUT2D eigenvalue weighted by Gasteiger charge is -2.39. The van der Waals surface area contributed by atoms with E-state index in [9.17, 15) is 0 Å². The Labute approximate surface area is 407 Å². The summed E-state index contributed by atoms with van der Waals surface area (Å²) in [5.41, 5.74) is 23.7. The van der Waals surface area contributed by atoms with Crippen LogP contribution in [-0.4, -0.2) is 4.57 Å². The van der Waals surface area contributed by atoms with Gasteiger partial charge in [0.05, 0.1) is 33.2 Å². The third-order valence-electron chi connectivity index (χ3n) is 15.9. The molecule has 0 saturated carbocycles. The molecule has 0 N–H and O–H groups in total. The van der Waals surface area contributed by atoms with E-state index < -0.39 is 10.8 Å². The summed E-state index contributed by atoms with van der Waals surface area (Å²) in [6.07, 6.45) is 0. The summed E-state index contributed by atoms with van der Waals surface area (Å²) < 4.78 is 2.52. The molecule has 15 rings (SSSR count). The molecule has 2 nitrogen and oxygen atoms in total. The minimum atomic E-state index is -0.545. The van der Waals surface area contributed by atoms with Gasteiger partial charge < -0.3 is 9.47 Å². The highest BCUT2D eigenvalue weighted by molar-refractivity contribution is 6.13. The number of benzene rings is 11. The maximum Gasteiger partial charge on any atom is 0.0754 e. The topological polar surface area (TPSA) is 8.17 Å². The fourth-order valence-electron chi connectivity index (χ4n) is 13.2. The average Bonchev–Trinajstić information content (AvgIpc) is 4.04. The van der Waals surface area contributed by atoms with Crippen molar-refractivity contribution >= 4 is 38.9 Å². The van der Waals surface area contributed by atoms with Crippen molar-refractivity contribution in [1.29, 1.82) is 0 Å². The Morgan fingerprint density at radius 3 is 1.57 bits per heavy atom. The van der Waals surface area contributed by atoms with Crippen LogP contribution in [-0.2, 0) is 10.8 Å². The van der Waals surface area contributed by atoms with Gasteiger partial charge in [-0.15, -0.1) is 0 Å². The van der Waals surface area contributed by atoms with Gasteiger partial charge in [-0.3, -0.25) is 0 Å². The highest BCUT2D eigenvalue weighted by atomic mass is 15.1. The number of rotatable bonds is 6. The van der Waals surface area contributed by atoms with Crippen LogP contribution in [0, 0.1) is 0 Å². The lowest BCUT2D eigenvalue weighted by molar-refractivity contribution is 0.748. The molecule has 1 unspecified atom stereocenters. The zero-order chi connectivity index (χ0) is 46.0. The second-order valence-corrected chi connectivity index (χ2v) is 19.1. The molecule has 0 bridgehead atoms. The summed E-state index contributed by atoms with van der Waals surface area (Å²) in [4.78, 5) is 2.52. The number of nitrogens with zero attached hydrogens (tertiary/aromatic N) is 2. The van der Waals surface area contributed by atoms with E-state index in [4.69, 9.17) is 0 Å². The van der Waals surface area contributed by atoms with Gasteiger partial charge >= 0.3 is 0 Å². The molecule has 1 spiro atoms. The molecule has 326 valence electrons. The van der Waals surface area contributed by atoms with Crippen molar-refractivity contribution in [3.8, 4) is 39.1 Å². The first kappa shape index (κ1) is 39.1. The summed E-state index contributed by atoms with van der Waals surface area (Å²) >= 11 is 0. The molecule has 3 aliphatic rings. The van der Waals surface area contributed by atoms with Gasteiger partial charge in [0.15, 0.2) is 0 Å². The van der Waals surface area contributed by atoms with Crippen LogP contribution in [0.3, 0.4) is 0 Å². The van der Waals surface area contributed by atoms with E-state index in [0.29, 0.717) is 0 Å². The first-order valence-corrected chi connectivity index (χ1v) is 24.4. The molecule has 2 heterocycles. The van der Waals surface area contributed by atoms with Crippen molar-refractivity contribution in [3.05, 3.63) is 311 Å². The Balaban J connectivity index is 1.02. The number of hydrogen-bond acceptors (Lipinski definition) is 1. The predicted octanol–water partition coefficient (Wildman–Crippen LogP) is 17.0. The van der Waals surface area contributed by atoms with Crippen LogP contribution < -0.4 is 4.90 Å². The van der Waals surface area contributed by atoms with E-state index in [1.807, 2.05) is 0 Å². The molecular weight excluding hydrogens is 845 g/mol. The van der Waals surface area contributed by atoms with E-state index in [-0.39, 0.29) is 0 Å². The minimum absolute atomic E-state index is 0.540. The second-order valence-electron chi connectivity index (χ2n) is 19.1. The molecule has 2 aliphatic carbocycles. The van der Waals surface area contributed by atoms with E-state index in [2.05, 4.69) is 276 Å². The SMILES string of the molecule is c1ccc(-c2ccccc2N(c2ccc3c(c2)-c2ccccc2C32c3ccccc3-n3c4ccccc4c4cccc2c43)c2ccc3c(c2)C(c2ccccc2)(c2ccccc2)c2ccccc2-3)cc1. The number of hydrogen-bond donors (Lipinski definition) is 0. The minimum Gasteiger partial charge on any atom is -0.310 e. The molecule has 1 aliphatic heterocycles. The van der Waals surface area contributed by atoms with Crippen molar-refractivity contribution in [2.45, 2.75) is 10.8 Å². The summed E-state index contributed by atoms with van der Waals surface area (Å²) in [5.74, 6) is 0. The monoisotopic (exact) mass is 888 g/mol. The first-order chi connectivity index (χ1) is 34.8. The molecule has 0 fully saturated rings. The molecule has 0 amide bonds. The van der Waals surface area contributed by atoms with Crippen molar-refractivity contribution in [1.82, 2.24) is 4.57 Å². The summed E-state index contributed by atoms with van der Waals surface area (Å²) in [6.45, 7) is 0. The van der Waals surface area contributed by atoms with Gasteiger partial charge in [0.2, 0.25) is 0 Å². The van der Waals surface area contributed by atoms with Crippen LogP contribution in [0.25, 0.3) is 60.9 Å². The van der Waals surface area contributed by atoms with E-state index >= 15 is 0 Å². The molecule has 0 radical (unpaired) electrons. The normalized spacial score (nSPS) is 15.3. The smallest absolute Gasteiger partial charge is 0.0754 e. The lowest BCUT2D eigenvalue weighted by Crippen LogP contribution is -2.33. The number of para-hydroxylation sites is 4. The standard InChI is InChI=1S/C68H44N2/c1-4-21-45(22-5-1)50-27-12-17-36-63(50)69(49-39-41-53-51-28-10-14-32-57(51)67(62(53)44-49,46-23-6-2-7-24-46)47-25-8-3-9-26-47)48-40-42-59-56(43-48)52-29-11-15-33-58(52)68(59)60-34-16-19-38-65(60)70-64-37-18-13-30-54(64)55-31-20-35-61(68)66(55)70/h1-44H. The predicted molar refractivity (Wildman–Crippen MR) is 289 cm³/mol. The Hall–Kier alpha value is -8.98. The summed E-state index contributed by atoms with van der Waals surface area (Å²) in [5, 5.41) is 2.57. The summed E-state index contributed by atoms with van der Waals surface area (Å²) in [7, 11) is 0. The fraction of sp³-hybridized carbons (Fsp3) is 0.0294. The Bertz CT molecular complexity index is 4030. The largest absolute Gasteiger partial charge is 0.310 e. The molecular formula is C68H44N2. The van der Waals surface area contributed by atoms with Crippen molar-refractivity contribution < 1.29 is 0 Å². The zero-order valence-electron chi connectivity index (χ0n) is 38.3. The van der Waals surface area contributed by atoms with Crippen LogP contribution in [0.4, 0.5) is 17.1 Å². The molecule has 1 atom stereocenters. The first-order valence-electron chi connectivity index (χ1n) is 24.4. The number of fused-ring (bicyclic) bond motifs is 15. The molecule has 70 heavy (non-hydrogen) atoms. The lowest BCUT2D eigenvalue weighted by atomic mass is 9.65. The van der Waals surface area contributed by atoms with Crippen LogP contribution in [0.5, 0.6) is 0 Å². The van der Waals surface area contributed by atoms with Crippen molar-refractivity contribution in [2.24, 2.45) is 0 Å². The van der Waals surface area contributed by atoms with Gasteiger partial charge in [-0.2, -0.15) is 0 Å². The van der Waals surface area contributed by atoms with Crippen LogP contribution in [0.2, 0.25) is 0 Å².